The van der Waals surface area contributed by atoms with Crippen molar-refractivity contribution in [1.82, 2.24) is 0 Å². The van der Waals surface area contributed by atoms with Gasteiger partial charge >= 0.3 is 6.18 Å². The zero-order valence-electron chi connectivity index (χ0n) is 9.96. The molecule has 5 heteroatoms. The monoisotopic (exact) mass is 270 g/mol. The zero-order valence-corrected chi connectivity index (χ0v) is 9.96. The molecule has 0 aliphatic rings. The van der Waals surface area contributed by atoms with Crippen molar-refractivity contribution in [3.63, 3.8) is 0 Å². The van der Waals surface area contributed by atoms with Crippen LogP contribution in [0.3, 0.4) is 0 Å². The minimum atomic E-state index is -4.54. The second kappa shape index (κ2) is 4.91. The molecule has 2 aromatic rings. The Morgan fingerprint density at radius 3 is 2.16 bits per heavy atom. The highest BCUT2D eigenvalue weighted by atomic mass is 19.4. The molecule has 0 N–H and O–H groups in total. The van der Waals surface area contributed by atoms with Gasteiger partial charge in [-0.3, -0.25) is 0 Å². The van der Waals surface area contributed by atoms with Crippen LogP contribution in [0.5, 0.6) is 5.75 Å². The first-order valence-electron chi connectivity index (χ1n) is 5.44. The molecular formula is C14H10F4O. The number of methoxy groups -OCH3 is 1. The Balaban J connectivity index is 2.67. The fraction of sp³-hybridized carbons (Fsp3) is 0.143. The number of rotatable bonds is 2. The third-order valence-corrected chi connectivity index (χ3v) is 2.71. The number of hydrogen-bond donors (Lipinski definition) is 0. The smallest absolute Gasteiger partial charge is 0.417 e. The second-order valence-electron chi connectivity index (χ2n) is 3.87. The summed E-state index contributed by atoms with van der Waals surface area (Å²) in [7, 11) is 1.26. The summed E-state index contributed by atoms with van der Waals surface area (Å²) in [6.07, 6.45) is -4.54. The van der Waals surface area contributed by atoms with E-state index in [1.807, 2.05) is 0 Å². The van der Waals surface area contributed by atoms with Crippen LogP contribution in [0.4, 0.5) is 17.6 Å². The fourth-order valence-electron chi connectivity index (χ4n) is 1.84. The average molecular weight is 270 g/mol. The van der Waals surface area contributed by atoms with Gasteiger partial charge in [-0.05, 0) is 17.7 Å². The number of ether oxygens (including phenoxy) is 1. The van der Waals surface area contributed by atoms with Gasteiger partial charge in [0.25, 0.3) is 0 Å². The molecule has 0 spiro atoms. The van der Waals surface area contributed by atoms with E-state index in [9.17, 15) is 17.6 Å². The highest BCUT2D eigenvalue weighted by molar-refractivity contribution is 5.70. The van der Waals surface area contributed by atoms with Crippen LogP contribution in [0.2, 0.25) is 0 Å². The molecule has 0 radical (unpaired) electrons. The third kappa shape index (κ3) is 2.54. The fourth-order valence-corrected chi connectivity index (χ4v) is 1.84. The van der Waals surface area contributed by atoms with Gasteiger partial charge in [0.2, 0.25) is 0 Å². The van der Waals surface area contributed by atoms with Gasteiger partial charge in [-0.15, -0.1) is 0 Å². The average Bonchev–Trinajstić information content (AvgIpc) is 2.38. The normalized spacial score (nSPS) is 11.4. The molecule has 1 nitrogen and oxygen atoms in total. The van der Waals surface area contributed by atoms with E-state index in [0.29, 0.717) is 0 Å². The maximum atomic E-state index is 14.0. The molecule has 0 saturated heterocycles. The Labute approximate surface area is 107 Å². The van der Waals surface area contributed by atoms with Crippen molar-refractivity contribution in [2.24, 2.45) is 0 Å². The molecule has 2 rings (SSSR count). The van der Waals surface area contributed by atoms with Gasteiger partial charge in [-0.25, -0.2) is 4.39 Å². The van der Waals surface area contributed by atoms with Gasteiger partial charge in [0.15, 0.2) is 11.6 Å². The Hall–Kier alpha value is -2.04. The van der Waals surface area contributed by atoms with E-state index < -0.39 is 17.6 Å². The standard InChI is InChI=1S/C14H10F4O/c1-19-12-8-4-6-10(13(12)15)9-5-2-3-7-11(9)14(16,17)18/h2-8H,1H3. The Kier molecular flexibility index (Phi) is 3.46. The van der Waals surface area contributed by atoms with Crippen LogP contribution in [0.25, 0.3) is 11.1 Å². The summed E-state index contributed by atoms with van der Waals surface area (Å²) >= 11 is 0. The number of halogens is 4. The Bertz CT molecular complexity index is 590. The van der Waals surface area contributed by atoms with Gasteiger partial charge in [0.05, 0.1) is 12.7 Å². The van der Waals surface area contributed by atoms with Crippen molar-refractivity contribution in [1.29, 1.82) is 0 Å². The highest BCUT2D eigenvalue weighted by Crippen LogP contribution is 2.39. The van der Waals surface area contributed by atoms with E-state index in [-0.39, 0.29) is 16.9 Å². The lowest BCUT2D eigenvalue weighted by atomic mass is 9.98. The molecule has 0 unspecified atom stereocenters. The molecule has 0 atom stereocenters. The van der Waals surface area contributed by atoms with E-state index in [4.69, 9.17) is 4.74 Å². The molecule has 0 heterocycles. The lowest BCUT2D eigenvalue weighted by molar-refractivity contribution is -0.137. The predicted octanol–water partition coefficient (Wildman–Crippen LogP) is 4.52. The van der Waals surface area contributed by atoms with E-state index in [1.165, 1.54) is 43.5 Å². The third-order valence-electron chi connectivity index (χ3n) is 2.71. The largest absolute Gasteiger partial charge is 0.494 e. The molecule has 0 saturated carbocycles. The molecule has 100 valence electrons. The lowest BCUT2D eigenvalue weighted by Crippen LogP contribution is -2.07. The summed E-state index contributed by atoms with van der Waals surface area (Å²) in [5.74, 6) is -0.892. The van der Waals surface area contributed by atoms with Crippen LogP contribution < -0.4 is 4.74 Å². The maximum absolute atomic E-state index is 14.0. The van der Waals surface area contributed by atoms with E-state index >= 15 is 0 Å². The van der Waals surface area contributed by atoms with E-state index in [0.717, 1.165) is 6.07 Å². The summed E-state index contributed by atoms with van der Waals surface area (Å²) in [5.41, 5.74) is -1.21. The second-order valence-corrected chi connectivity index (χ2v) is 3.87. The van der Waals surface area contributed by atoms with Gasteiger partial charge in [-0.1, -0.05) is 30.3 Å². The van der Waals surface area contributed by atoms with Gasteiger partial charge in [0.1, 0.15) is 0 Å². The Morgan fingerprint density at radius 2 is 1.53 bits per heavy atom. The van der Waals surface area contributed by atoms with Crippen molar-refractivity contribution in [3.8, 4) is 16.9 Å². The molecule has 0 aliphatic heterocycles. The highest BCUT2D eigenvalue weighted by Gasteiger charge is 2.34. The van der Waals surface area contributed by atoms with E-state index in [2.05, 4.69) is 0 Å². The predicted molar refractivity (Wildman–Crippen MR) is 63.4 cm³/mol. The van der Waals surface area contributed by atoms with Crippen LogP contribution in [0.1, 0.15) is 5.56 Å². The Morgan fingerprint density at radius 1 is 0.895 bits per heavy atom. The molecular weight excluding hydrogens is 260 g/mol. The molecule has 0 aliphatic carbocycles. The molecule has 19 heavy (non-hydrogen) atoms. The molecule has 0 fully saturated rings. The van der Waals surface area contributed by atoms with Crippen molar-refractivity contribution >= 4 is 0 Å². The van der Waals surface area contributed by atoms with E-state index in [1.54, 1.807) is 0 Å². The first-order valence-corrected chi connectivity index (χ1v) is 5.44. The van der Waals surface area contributed by atoms with Crippen molar-refractivity contribution in [2.75, 3.05) is 7.11 Å². The zero-order chi connectivity index (χ0) is 14.0. The van der Waals surface area contributed by atoms with Gasteiger partial charge < -0.3 is 4.74 Å². The van der Waals surface area contributed by atoms with Gasteiger partial charge in [-0.2, -0.15) is 13.2 Å². The molecule has 2 aromatic carbocycles. The maximum Gasteiger partial charge on any atom is 0.417 e. The topological polar surface area (TPSA) is 9.23 Å². The molecule has 0 aromatic heterocycles. The molecule has 0 bridgehead atoms. The first-order chi connectivity index (χ1) is 8.95. The minimum Gasteiger partial charge on any atom is -0.494 e. The summed E-state index contributed by atoms with van der Waals surface area (Å²) in [5, 5.41) is 0. The summed E-state index contributed by atoms with van der Waals surface area (Å²) in [6.45, 7) is 0. The number of benzene rings is 2. The number of hydrogen-bond acceptors (Lipinski definition) is 1. The SMILES string of the molecule is COc1cccc(-c2ccccc2C(F)(F)F)c1F. The van der Waals surface area contributed by atoms with Crippen molar-refractivity contribution < 1.29 is 22.3 Å². The number of alkyl halides is 3. The van der Waals surface area contributed by atoms with Crippen molar-refractivity contribution in [3.05, 3.63) is 53.8 Å². The summed E-state index contributed by atoms with van der Waals surface area (Å²) < 4.78 is 57.5. The van der Waals surface area contributed by atoms with Gasteiger partial charge in [0, 0.05) is 5.56 Å². The van der Waals surface area contributed by atoms with Crippen LogP contribution >= 0.6 is 0 Å². The molecule has 0 amide bonds. The van der Waals surface area contributed by atoms with Crippen LogP contribution in [0, 0.1) is 5.82 Å². The van der Waals surface area contributed by atoms with Crippen LogP contribution in [-0.4, -0.2) is 7.11 Å². The summed E-state index contributed by atoms with van der Waals surface area (Å²) in [6, 6.07) is 8.96. The quantitative estimate of drug-likeness (QED) is 0.729. The minimum absolute atomic E-state index is 0.0884. The van der Waals surface area contributed by atoms with Crippen LogP contribution in [0.15, 0.2) is 42.5 Å². The van der Waals surface area contributed by atoms with Crippen molar-refractivity contribution in [2.45, 2.75) is 6.18 Å². The summed E-state index contributed by atoms with van der Waals surface area (Å²) in [4.78, 5) is 0. The first kappa shape index (κ1) is 13.4. The van der Waals surface area contributed by atoms with Crippen LogP contribution in [-0.2, 0) is 6.18 Å². The lowest BCUT2D eigenvalue weighted by Gasteiger charge is -2.14.